The molecule has 0 bridgehead atoms. The molecule has 0 unspecified atom stereocenters. The van der Waals surface area contributed by atoms with Crippen LogP contribution in [0.25, 0.3) is 11.0 Å². The first-order valence-electron chi connectivity index (χ1n) is 11.5. The number of anilines is 1. The fourth-order valence-corrected chi connectivity index (χ4v) is 6.16. The van der Waals surface area contributed by atoms with Gasteiger partial charge >= 0.3 is 0 Å². The van der Waals surface area contributed by atoms with Crippen LogP contribution in [0.15, 0.2) is 17.1 Å². The van der Waals surface area contributed by atoms with Crippen molar-refractivity contribution in [2.75, 3.05) is 18.4 Å². The van der Waals surface area contributed by atoms with E-state index in [1.807, 2.05) is 0 Å². The van der Waals surface area contributed by atoms with Gasteiger partial charge in [-0.1, -0.05) is 5.92 Å². The second-order valence-corrected chi connectivity index (χ2v) is 12.1. The predicted octanol–water partition coefficient (Wildman–Crippen LogP) is 1.81. The Kier molecular flexibility index (Phi) is 6.44. The molecular formula is C23H30FN5O4S. The second-order valence-electron chi connectivity index (χ2n) is 9.62. The molecule has 2 fully saturated rings. The van der Waals surface area contributed by atoms with E-state index in [2.05, 4.69) is 21.2 Å². The molecule has 3 heterocycles. The van der Waals surface area contributed by atoms with E-state index in [0.29, 0.717) is 23.9 Å². The van der Waals surface area contributed by atoms with Crippen molar-refractivity contribution in [1.29, 1.82) is 0 Å². The zero-order chi connectivity index (χ0) is 24.8. The maximum Gasteiger partial charge on any atom is 0.268 e. The van der Waals surface area contributed by atoms with Gasteiger partial charge in [0.2, 0.25) is 16.0 Å². The third kappa shape index (κ3) is 4.30. The van der Waals surface area contributed by atoms with Crippen molar-refractivity contribution >= 4 is 27.0 Å². The number of pyridine rings is 1. The molecule has 0 aromatic carbocycles. The summed E-state index contributed by atoms with van der Waals surface area (Å²) in [6.45, 7) is 4.78. The van der Waals surface area contributed by atoms with Crippen LogP contribution in [0.2, 0.25) is 0 Å². The van der Waals surface area contributed by atoms with E-state index >= 15 is 0 Å². The molecule has 1 saturated carbocycles. The van der Waals surface area contributed by atoms with Crippen molar-refractivity contribution in [2.24, 2.45) is 0 Å². The van der Waals surface area contributed by atoms with E-state index < -0.39 is 44.7 Å². The Morgan fingerprint density at radius 2 is 2.12 bits per heavy atom. The van der Waals surface area contributed by atoms with Gasteiger partial charge < -0.3 is 10.4 Å². The molecule has 2 aromatic rings. The lowest BCUT2D eigenvalue weighted by atomic mass is 9.99. The summed E-state index contributed by atoms with van der Waals surface area (Å²) in [5.41, 5.74) is -1.05. The van der Waals surface area contributed by atoms with Gasteiger partial charge in [0, 0.05) is 24.7 Å². The van der Waals surface area contributed by atoms with Gasteiger partial charge in [0.25, 0.3) is 5.56 Å². The van der Waals surface area contributed by atoms with Crippen LogP contribution < -0.4 is 10.9 Å². The van der Waals surface area contributed by atoms with Gasteiger partial charge in [0.15, 0.2) is 0 Å². The van der Waals surface area contributed by atoms with Gasteiger partial charge in [-0.15, -0.1) is 6.42 Å². The van der Waals surface area contributed by atoms with Gasteiger partial charge in [-0.3, -0.25) is 9.36 Å². The first-order valence-corrected chi connectivity index (χ1v) is 13.0. The van der Waals surface area contributed by atoms with Crippen LogP contribution in [0.4, 0.5) is 10.3 Å². The molecule has 0 amide bonds. The summed E-state index contributed by atoms with van der Waals surface area (Å²) in [7, 11) is -3.54. The Morgan fingerprint density at radius 1 is 1.38 bits per heavy atom. The van der Waals surface area contributed by atoms with E-state index in [9.17, 15) is 22.7 Å². The summed E-state index contributed by atoms with van der Waals surface area (Å²) in [6.07, 6.45) is 7.73. The summed E-state index contributed by atoms with van der Waals surface area (Å²) in [5.74, 6) is 2.52. The van der Waals surface area contributed by atoms with E-state index in [4.69, 9.17) is 6.42 Å². The molecule has 34 heavy (non-hydrogen) atoms. The molecule has 1 aliphatic carbocycles. The SMILES string of the molecule is C#Cc1cc2cnc(N[C@@H]3CCN(S(=O)(=O)C(C)C)C[C@H]3F)nc2n([C@@H]2CCC[C@@]2(C)O)c1=O. The fourth-order valence-electron chi connectivity index (χ4n) is 4.85. The number of aromatic nitrogens is 3. The van der Waals surface area contributed by atoms with Crippen molar-refractivity contribution in [3.05, 3.63) is 28.2 Å². The highest BCUT2D eigenvalue weighted by atomic mass is 32.2. The molecule has 0 spiro atoms. The van der Waals surface area contributed by atoms with Gasteiger partial charge in [0.1, 0.15) is 11.8 Å². The Bertz CT molecular complexity index is 1300. The minimum Gasteiger partial charge on any atom is -0.388 e. The average Bonchev–Trinajstić information content (AvgIpc) is 3.13. The summed E-state index contributed by atoms with van der Waals surface area (Å²) in [6, 6.07) is 0.349. The number of alkyl halides is 1. The maximum absolute atomic E-state index is 14.9. The number of terminal acetylenes is 1. The van der Waals surface area contributed by atoms with Gasteiger partial charge in [-0.25, -0.2) is 17.8 Å². The van der Waals surface area contributed by atoms with Gasteiger partial charge in [-0.2, -0.15) is 9.29 Å². The zero-order valence-electron chi connectivity index (χ0n) is 19.5. The molecule has 9 nitrogen and oxygen atoms in total. The van der Waals surface area contributed by atoms with Crippen LogP contribution in [-0.4, -0.2) is 68.5 Å². The number of halogens is 1. The van der Waals surface area contributed by atoms with Crippen molar-refractivity contribution in [3.8, 4) is 12.3 Å². The van der Waals surface area contributed by atoms with E-state index in [-0.39, 0.29) is 31.0 Å². The number of hydrogen-bond donors (Lipinski definition) is 2. The van der Waals surface area contributed by atoms with Gasteiger partial charge in [-0.05, 0) is 52.5 Å². The molecule has 2 aliphatic rings. The summed E-state index contributed by atoms with van der Waals surface area (Å²) < 4.78 is 42.3. The van der Waals surface area contributed by atoms with Crippen LogP contribution in [0.5, 0.6) is 0 Å². The van der Waals surface area contributed by atoms with E-state index in [1.165, 1.54) is 21.1 Å². The number of nitrogens with one attached hydrogen (secondary N) is 1. The monoisotopic (exact) mass is 491 g/mol. The van der Waals surface area contributed by atoms with Crippen LogP contribution in [-0.2, 0) is 10.0 Å². The number of fused-ring (bicyclic) bond motifs is 1. The Morgan fingerprint density at radius 3 is 2.71 bits per heavy atom. The highest BCUT2D eigenvalue weighted by molar-refractivity contribution is 7.89. The van der Waals surface area contributed by atoms with Crippen LogP contribution >= 0.6 is 0 Å². The summed E-state index contributed by atoms with van der Waals surface area (Å²) in [5, 5.41) is 13.8. The maximum atomic E-state index is 14.9. The molecule has 184 valence electrons. The molecule has 11 heteroatoms. The normalized spacial score (nSPS) is 28.3. The Balaban J connectivity index is 1.66. The lowest BCUT2D eigenvalue weighted by Crippen LogP contribution is -2.51. The Hall–Kier alpha value is -2.55. The quantitative estimate of drug-likeness (QED) is 0.613. The summed E-state index contributed by atoms with van der Waals surface area (Å²) >= 11 is 0. The molecule has 4 rings (SSSR count). The zero-order valence-corrected chi connectivity index (χ0v) is 20.3. The lowest BCUT2D eigenvalue weighted by Gasteiger charge is -2.35. The number of rotatable bonds is 5. The highest BCUT2D eigenvalue weighted by Crippen LogP contribution is 2.39. The molecule has 1 saturated heterocycles. The molecule has 2 N–H and O–H groups in total. The first-order chi connectivity index (χ1) is 16.0. The highest BCUT2D eigenvalue weighted by Gasteiger charge is 2.40. The minimum atomic E-state index is -3.54. The minimum absolute atomic E-state index is 0.125. The third-order valence-corrected chi connectivity index (χ3v) is 9.14. The number of hydrogen-bond acceptors (Lipinski definition) is 7. The smallest absolute Gasteiger partial charge is 0.268 e. The summed E-state index contributed by atoms with van der Waals surface area (Å²) in [4.78, 5) is 21.9. The molecule has 2 aromatic heterocycles. The number of aliphatic hydroxyl groups is 1. The largest absolute Gasteiger partial charge is 0.388 e. The van der Waals surface area contributed by atoms with Crippen molar-refractivity contribution in [1.82, 2.24) is 18.8 Å². The Labute approximate surface area is 198 Å². The average molecular weight is 492 g/mol. The van der Waals surface area contributed by atoms with E-state index in [1.54, 1.807) is 20.8 Å². The van der Waals surface area contributed by atoms with Crippen LogP contribution in [0.3, 0.4) is 0 Å². The molecule has 1 aliphatic heterocycles. The van der Waals surface area contributed by atoms with Crippen molar-refractivity contribution < 1.29 is 17.9 Å². The topological polar surface area (TPSA) is 117 Å². The standard InChI is InChI=1S/C23H30FN5O4S/c1-5-15-11-16-12-25-22(26-18-8-10-28(13-17(18)24)34(32,33)14(2)3)27-20(16)29(21(15)30)19-7-6-9-23(19,4)31/h1,11-12,14,17-19,31H,6-10,13H2,2-4H3,(H,25,26,27)/t17-,18-,19-,23-/m1/s1. The predicted molar refractivity (Wildman–Crippen MR) is 128 cm³/mol. The van der Waals surface area contributed by atoms with Crippen LogP contribution in [0, 0.1) is 12.3 Å². The van der Waals surface area contributed by atoms with Gasteiger partial charge in [0.05, 0.1) is 28.5 Å². The lowest BCUT2D eigenvalue weighted by molar-refractivity contribution is 0.0266. The molecule has 0 radical (unpaired) electrons. The molecule has 4 atom stereocenters. The molecular weight excluding hydrogens is 461 g/mol. The van der Waals surface area contributed by atoms with Crippen LogP contribution in [0.1, 0.15) is 58.1 Å². The van der Waals surface area contributed by atoms with E-state index in [0.717, 1.165) is 6.42 Å². The third-order valence-electron chi connectivity index (χ3n) is 6.89. The fraction of sp³-hybridized carbons (Fsp3) is 0.609. The van der Waals surface area contributed by atoms with Crippen molar-refractivity contribution in [2.45, 2.75) is 75.6 Å². The number of sulfonamides is 1. The first kappa shape index (κ1) is 24.6. The van der Waals surface area contributed by atoms with Crippen molar-refractivity contribution in [3.63, 3.8) is 0 Å². The number of nitrogens with zero attached hydrogens (tertiary/aromatic N) is 4. The second kappa shape index (κ2) is 8.91. The number of piperidine rings is 1.